The first-order valence-electron chi connectivity index (χ1n) is 8.75. The van der Waals surface area contributed by atoms with Gasteiger partial charge in [0.25, 0.3) is 5.91 Å². The van der Waals surface area contributed by atoms with Gasteiger partial charge in [-0.1, -0.05) is 0 Å². The van der Waals surface area contributed by atoms with Gasteiger partial charge in [-0.15, -0.1) is 0 Å². The number of morpholine rings is 1. The van der Waals surface area contributed by atoms with Gasteiger partial charge in [0, 0.05) is 18.7 Å². The molecule has 0 radical (unpaired) electrons. The number of aromatic nitrogens is 1. The van der Waals surface area contributed by atoms with E-state index in [1.807, 2.05) is 17.0 Å². The maximum atomic E-state index is 12.7. The molecule has 1 spiro atoms. The van der Waals surface area contributed by atoms with Gasteiger partial charge in [-0.3, -0.25) is 9.78 Å². The average molecular weight is 342 g/mol. The van der Waals surface area contributed by atoms with Crippen LogP contribution < -0.4 is 4.74 Å². The van der Waals surface area contributed by atoms with Crippen LogP contribution in [0.15, 0.2) is 47.5 Å². The molecule has 0 unspecified atom stereocenters. The number of pyridine rings is 1. The predicted octanol–water partition coefficient (Wildman–Crippen LogP) is 2.76. The normalized spacial score (nSPS) is 26.1. The minimum atomic E-state index is -0.306. The Bertz CT molecular complexity index is 703. The van der Waals surface area contributed by atoms with Crippen molar-refractivity contribution in [3.05, 3.63) is 48.7 Å². The van der Waals surface area contributed by atoms with E-state index in [-0.39, 0.29) is 17.4 Å². The van der Waals surface area contributed by atoms with Gasteiger partial charge in [0.15, 0.2) is 0 Å². The van der Waals surface area contributed by atoms with E-state index in [2.05, 4.69) is 4.98 Å². The Morgan fingerprint density at radius 3 is 3.20 bits per heavy atom. The van der Waals surface area contributed by atoms with Crippen molar-refractivity contribution in [1.29, 1.82) is 0 Å². The van der Waals surface area contributed by atoms with Crippen LogP contribution in [0.4, 0.5) is 0 Å². The van der Waals surface area contributed by atoms with E-state index in [4.69, 9.17) is 13.9 Å². The van der Waals surface area contributed by atoms with Gasteiger partial charge in [-0.25, -0.2) is 0 Å². The SMILES string of the molecule is O=C(c1ccoc1)N1CCO[C@]2(CCC[C@@H]2COc2cccnc2)C1. The fraction of sp³-hybridized carbons (Fsp3) is 0.474. The van der Waals surface area contributed by atoms with Gasteiger partial charge in [0.05, 0.1) is 43.4 Å². The van der Waals surface area contributed by atoms with Crippen LogP contribution in [0.25, 0.3) is 0 Å². The Balaban J connectivity index is 1.44. The molecule has 0 bridgehead atoms. The van der Waals surface area contributed by atoms with E-state index >= 15 is 0 Å². The molecule has 2 aliphatic rings. The van der Waals surface area contributed by atoms with Gasteiger partial charge < -0.3 is 18.8 Å². The smallest absolute Gasteiger partial charge is 0.257 e. The number of carbonyl (C=O) groups is 1. The van der Waals surface area contributed by atoms with Crippen molar-refractivity contribution >= 4 is 5.91 Å². The summed E-state index contributed by atoms with van der Waals surface area (Å²) in [5.41, 5.74) is 0.290. The second-order valence-corrected chi connectivity index (χ2v) is 6.74. The van der Waals surface area contributed by atoms with Crippen molar-refractivity contribution in [2.75, 3.05) is 26.3 Å². The topological polar surface area (TPSA) is 64.8 Å². The minimum absolute atomic E-state index is 0.00949. The Labute approximate surface area is 146 Å². The summed E-state index contributed by atoms with van der Waals surface area (Å²) < 4.78 is 17.2. The van der Waals surface area contributed by atoms with Crippen LogP contribution in [-0.2, 0) is 4.74 Å². The highest BCUT2D eigenvalue weighted by Crippen LogP contribution is 2.41. The van der Waals surface area contributed by atoms with Crippen molar-refractivity contribution < 1.29 is 18.7 Å². The number of carbonyl (C=O) groups excluding carboxylic acids is 1. The van der Waals surface area contributed by atoms with Crippen molar-refractivity contribution in [2.24, 2.45) is 5.92 Å². The van der Waals surface area contributed by atoms with Crippen molar-refractivity contribution in [3.63, 3.8) is 0 Å². The Hall–Kier alpha value is -2.34. The van der Waals surface area contributed by atoms with Gasteiger partial charge in [-0.05, 0) is 37.5 Å². The second-order valence-electron chi connectivity index (χ2n) is 6.74. The number of amides is 1. The molecule has 25 heavy (non-hydrogen) atoms. The summed E-state index contributed by atoms with van der Waals surface area (Å²) >= 11 is 0. The molecule has 1 aliphatic heterocycles. The molecule has 6 heteroatoms. The summed E-state index contributed by atoms with van der Waals surface area (Å²) in [6, 6.07) is 5.48. The van der Waals surface area contributed by atoms with Crippen molar-refractivity contribution in [2.45, 2.75) is 24.9 Å². The first kappa shape index (κ1) is 16.1. The number of ether oxygens (including phenoxy) is 2. The van der Waals surface area contributed by atoms with Gasteiger partial charge in [0.1, 0.15) is 12.0 Å². The molecule has 2 aromatic rings. The highest BCUT2D eigenvalue weighted by molar-refractivity contribution is 5.93. The summed E-state index contributed by atoms with van der Waals surface area (Å²) in [5, 5.41) is 0. The molecule has 6 nitrogen and oxygen atoms in total. The van der Waals surface area contributed by atoms with E-state index in [9.17, 15) is 4.79 Å². The van der Waals surface area contributed by atoms with Crippen molar-refractivity contribution in [3.8, 4) is 5.75 Å². The third kappa shape index (κ3) is 3.26. The van der Waals surface area contributed by atoms with Crippen LogP contribution in [-0.4, -0.2) is 47.7 Å². The summed E-state index contributed by atoms with van der Waals surface area (Å²) in [7, 11) is 0. The lowest BCUT2D eigenvalue weighted by molar-refractivity contribution is -0.126. The van der Waals surface area contributed by atoms with Gasteiger partial charge in [-0.2, -0.15) is 0 Å². The maximum absolute atomic E-state index is 12.7. The summed E-state index contributed by atoms with van der Waals surface area (Å²) in [5.74, 6) is 1.05. The maximum Gasteiger partial charge on any atom is 0.257 e. The third-order valence-electron chi connectivity index (χ3n) is 5.25. The molecule has 0 N–H and O–H groups in total. The molecular weight excluding hydrogens is 320 g/mol. The third-order valence-corrected chi connectivity index (χ3v) is 5.25. The van der Waals surface area contributed by atoms with Gasteiger partial charge in [0.2, 0.25) is 0 Å². The number of furan rings is 1. The van der Waals surface area contributed by atoms with Crippen LogP contribution in [0, 0.1) is 5.92 Å². The van der Waals surface area contributed by atoms with Crippen LogP contribution in [0.5, 0.6) is 5.75 Å². The summed E-state index contributed by atoms with van der Waals surface area (Å²) in [6.07, 6.45) is 9.59. The van der Waals surface area contributed by atoms with E-state index in [1.54, 1.807) is 18.5 Å². The first-order valence-corrected chi connectivity index (χ1v) is 8.75. The van der Waals surface area contributed by atoms with Crippen LogP contribution >= 0.6 is 0 Å². The Morgan fingerprint density at radius 2 is 2.40 bits per heavy atom. The van der Waals surface area contributed by atoms with E-state index < -0.39 is 0 Å². The fourth-order valence-electron chi connectivity index (χ4n) is 3.93. The van der Waals surface area contributed by atoms with Gasteiger partial charge >= 0.3 is 0 Å². The fourth-order valence-corrected chi connectivity index (χ4v) is 3.93. The first-order chi connectivity index (χ1) is 12.3. The molecule has 1 aliphatic carbocycles. The predicted molar refractivity (Wildman–Crippen MR) is 90.4 cm³/mol. The molecule has 2 aromatic heterocycles. The average Bonchev–Trinajstić information content (AvgIpc) is 3.31. The number of hydrogen-bond donors (Lipinski definition) is 0. The van der Waals surface area contributed by atoms with Crippen LogP contribution in [0.3, 0.4) is 0 Å². The van der Waals surface area contributed by atoms with E-state index in [0.717, 1.165) is 25.0 Å². The quantitative estimate of drug-likeness (QED) is 0.855. The lowest BCUT2D eigenvalue weighted by Crippen LogP contribution is -2.56. The highest BCUT2D eigenvalue weighted by atomic mass is 16.5. The largest absolute Gasteiger partial charge is 0.492 e. The van der Waals surface area contributed by atoms with E-state index in [0.29, 0.717) is 31.9 Å². The van der Waals surface area contributed by atoms with Crippen LogP contribution in [0.1, 0.15) is 29.6 Å². The molecule has 1 amide bonds. The summed E-state index contributed by atoms with van der Waals surface area (Å²) in [4.78, 5) is 18.6. The molecule has 2 fully saturated rings. The molecule has 1 saturated carbocycles. The minimum Gasteiger partial charge on any atom is -0.492 e. The second kappa shape index (κ2) is 6.88. The zero-order valence-corrected chi connectivity index (χ0v) is 14.1. The number of nitrogens with zero attached hydrogens (tertiary/aromatic N) is 2. The van der Waals surface area contributed by atoms with E-state index in [1.165, 1.54) is 12.5 Å². The number of rotatable bonds is 4. The Kier molecular flexibility index (Phi) is 4.44. The van der Waals surface area contributed by atoms with Crippen LogP contribution in [0.2, 0.25) is 0 Å². The highest BCUT2D eigenvalue weighted by Gasteiger charge is 2.48. The molecule has 0 aromatic carbocycles. The molecule has 4 rings (SSSR count). The van der Waals surface area contributed by atoms with Crippen molar-refractivity contribution in [1.82, 2.24) is 9.88 Å². The Morgan fingerprint density at radius 1 is 1.44 bits per heavy atom. The molecule has 3 heterocycles. The summed E-state index contributed by atoms with van der Waals surface area (Å²) in [6.45, 7) is 2.37. The molecular formula is C19H22N2O4. The standard InChI is InChI=1S/C19H22N2O4/c22-18(15-5-9-23-12-15)21-8-10-25-19(14-21)6-1-3-16(19)13-24-17-4-2-7-20-11-17/h2,4-5,7,9,11-12,16H,1,3,6,8,10,13-14H2/t16-,19-/m1/s1. The zero-order valence-electron chi connectivity index (χ0n) is 14.1. The lowest BCUT2D eigenvalue weighted by atomic mass is 9.89. The number of hydrogen-bond acceptors (Lipinski definition) is 5. The zero-order chi connectivity index (χ0) is 17.1. The molecule has 1 saturated heterocycles. The molecule has 2 atom stereocenters. The monoisotopic (exact) mass is 342 g/mol. The molecule has 132 valence electrons. The lowest BCUT2D eigenvalue weighted by Gasteiger charge is -2.43.